The van der Waals surface area contributed by atoms with Gasteiger partial charge in [-0.15, -0.1) is 0 Å². The zero-order valence-electron chi connectivity index (χ0n) is 12.8. The minimum atomic E-state index is -0.703. The molecular weight excluding hydrogens is 346 g/mol. The van der Waals surface area contributed by atoms with Crippen LogP contribution in [0, 0.1) is 11.3 Å². The van der Waals surface area contributed by atoms with Gasteiger partial charge in [0.25, 0.3) is 5.91 Å². The fourth-order valence-corrected chi connectivity index (χ4v) is 2.40. The molecule has 9 heteroatoms. The van der Waals surface area contributed by atoms with E-state index >= 15 is 0 Å². The molecule has 0 aliphatic carbocycles. The lowest BCUT2D eigenvalue weighted by Gasteiger charge is -2.11. The van der Waals surface area contributed by atoms with Crippen LogP contribution in [0.5, 0.6) is 0 Å². The molecule has 0 spiro atoms. The Kier molecular flexibility index (Phi) is 4.33. The third-order valence-corrected chi connectivity index (χ3v) is 3.73. The molecule has 0 aliphatic heterocycles. The number of hydrogen-bond acceptors (Lipinski definition) is 6. The number of nitrogens with one attached hydrogen (secondary N) is 2. The molecule has 0 unspecified atom stereocenters. The van der Waals surface area contributed by atoms with Gasteiger partial charge in [0.2, 0.25) is 0 Å². The van der Waals surface area contributed by atoms with Crippen LogP contribution < -0.4 is 5.32 Å². The molecule has 3 rings (SSSR count). The summed E-state index contributed by atoms with van der Waals surface area (Å²) < 4.78 is 4.68. The third kappa shape index (κ3) is 3.13. The molecule has 0 radical (unpaired) electrons. The maximum Gasteiger partial charge on any atom is 0.340 e. The van der Waals surface area contributed by atoms with E-state index in [0.717, 1.165) is 0 Å². The number of carbonyl (C=O) groups excluding carboxylic acids is 2. The van der Waals surface area contributed by atoms with E-state index in [1.807, 2.05) is 6.07 Å². The van der Waals surface area contributed by atoms with Crippen molar-refractivity contribution in [1.29, 1.82) is 5.26 Å². The van der Waals surface area contributed by atoms with E-state index in [9.17, 15) is 9.59 Å². The van der Waals surface area contributed by atoms with E-state index in [1.54, 1.807) is 6.07 Å². The van der Waals surface area contributed by atoms with Crippen molar-refractivity contribution in [3.63, 3.8) is 0 Å². The average molecular weight is 356 g/mol. The molecule has 2 N–H and O–H groups in total. The van der Waals surface area contributed by atoms with E-state index in [-0.39, 0.29) is 27.4 Å². The molecule has 0 fully saturated rings. The first-order valence-electron chi connectivity index (χ1n) is 6.96. The minimum absolute atomic E-state index is 0.0207. The summed E-state index contributed by atoms with van der Waals surface area (Å²) >= 11 is 5.99. The lowest BCUT2D eigenvalue weighted by molar-refractivity contribution is 0.0602. The number of esters is 1. The third-order valence-electron chi connectivity index (χ3n) is 3.42. The molecule has 2 heterocycles. The van der Waals surface area contributed by atoms with Gasteiger partial charge in [-0.1, -0.05) is 11.6 Å². The van der Waals surface area contributed by atoms with Gasteiger partial charge in [-0.05, 0) is 18.2 Å². The molecular formula is C16H10ClN5O3. The average Bonchev–Trinajstić information content (AvgIpc) is 3.09. The van der Waals surface area contributed by atoms with Crippen molar-refractivity contribution < 1.29 is 14.3 Å². The van der Waals surface area contributed by atoms with Gasteiger partial charge in [0, 0.05) is 6.20 Å². The van der Waals surface area contributed by atoms with Crippen LogP contribution in [0.1, 0.15) is 26.3 Å². The van der Waals surface area contributed by atoms with Gasteiger partial charge < -0.3 is 15.0 Å². The summed E-state index contributed by atoms with van der Waals surface area (Å²) in [5.74, 6) is -1.21. The molecule has 0 atom stereocenters. The highest BCUT2D eigenvalue weighted by molar-refractivity contribution is 6.32. The number of imidazole rings is 1. The summed E-state index contributed by atoms with van der Waals surface area (Å²) in [6.07, 6.45) is 2.83. The number of pyridine rings is 1. The van der Waals surface area contributed by atoms with Crippen LogP contribution in [-0.2, 0) is 4.74 Å². The number of amides is 1. The Hall–Kier alpha value is -3.44. The first-order valence-corrected chi connectivity index (χ1v) is 7.33. The maximum absolute atomic E-state index is 12.5. The molecule has 8 nitrogen and oxygen atoms in total. The van der Waals surface area contributed by atoms with Crippen molar-refractivity contribution in [2.75, 3.05) is 12.4 Å². The summed E-state index contributed by atoms with van der Waals surface area (Å²) in [7, 11) is 1.20. The van der Waals surface area contributed by atoms with Gasteiger partial charge in [-0.2, -0.15) is 5.26 Å². The van der Waals surface area contributed by atoms with Crippen LogP contribution in [0.3, 0.4) is 0 Å². The predicted octanol–water partition coefficient (Wildman–Crippen LogP) is 2.52. The van der Waals surface area contributed by atoms with Gasteiger partial charge in [0.15, 0.2) is 5.65 Å². The predicted molar refractivity (Wildman–Crippen MR) is 89.3 cm³/mol. The van der Waals surface area contributed by atoms with Gasteiger partial charge in [-0.25, -0.2) is 14.8 Å². The molecule has 0 bridgehead atoms. The van der Waals surface area contributed by atoms with Crippen molar-refractivity contribution in [3.8, 4) is 6.07 Å². The zero-order valence-corrected chi connectivity index (χ0v) is 13.6. The first kappa shape index (κ1) is 16.4. The second-order valence-electron chi connectivity index (χ2n) is 4.93. The molecule has 2 aromatic heterocycles. The van der Waals surface area contributed by atoms with Crippen LogP contribution in [0.25, 0.3) is 11.2 Å². The number of aromatic nitrogens is 3. The fourth-order valence-electron chi connectivity index (χ4n) is 2.19. The first-order chi connectivity index (χ1) is 12.0. The lowest BCUT2D eigenvalue weighted by atomic mass is 10.1. The van der Waals surface area contributed by atoms with E-state index in [4.69, 9.17) is 16.9 Å². The van der Waals surface area contributed by atoms with Gasteiger partial charge in [0.1, 0.15) is 6.07 Å². The number of fused-ring (bicyclic) bond motifs is 1. The number of ether oxygens (including phenoxy) is 1. The summed E-state index contributed by atoms with van der Waals surface area (Å²) in [5, 5.41) is 11.7. The van der Waals surface area contributed by atoms with Gasteiger partial charge in [-0.3, -0.25) is 4.79 Å². The highest BCUT2D eigenvalue weighted by Crippen LogP contribution is 2.26. The Labute approximate surface area is 146 Å². The number of methoxy groups -OCH3 is 1. The zero-order chi connectivity index (χ0) is 18.0. The second kappa shape index (κ2) is 6.59. The molecule has 1 amide bonds. The van der Waals surface area contributed by atoms with E-state index in [0.29, 0.717) is 11.2 Å². The highest BCUT2D eigenvalue weighted by atomic mass is 35.5. The summed E-state index contributed by atoms with van der Waals surface area (Å²) in [6.45, 7) is 0. The SMILES string of the molecule is COC(=O)c1cc(C#N)c(Cl)cc1NC(=O)c1cnc2nc[nH]c2c1. The number of aromatic amines is 1. The lowest BCUT2D eigenvalue weighted by Crippen LogP contribution is -2.16. The number of H-pyrrole nitrogens is 1. The summed E-state index contributed by atoms with van der Waals surface area (Å²) in [5.41, 5.74) is 1.58. The Morgan fingerprint density at radius 2 is 2.12 bits per heavy atom. The molecule has 124 valence electrons. The normalized spacial score (nSPS) is 10.3. The number of anilines is 1. The number of hydrogen-bond donors (Lipinski definition) is 2. The number of nitriles is 1. The standard InChI is InChI=1S/C16H10ClN5O3/c1-25-16(24)10-2-8(5-18)11(17)4-12(10)22-15(23)9-3-13-14(19-6-9)21-7-20-13/h2-4,6-7H,1H3,(H,22,23)(H,19,20,21). The van der Waals surface area contributed by atoms with Crippen molar-refractivity contribution in [3.05, 3.63) is 52.4 Å². The molecule has 0 aliphatic rings. The smallest absolute Gasteiger partial charge is 0.340 e. The minimum Gasteiger partial charge on any atom is -0.465 e. The van der Waals surface area contributed by atoms with Crippen LogP contribution >= 0.6 is 11.6 Å². The van der Waals surface area contributed by atoms with Crippen LogP contribution in [-0.4, -0.2) is 33.9 Å². The largest absolute Gasteiger partial charge is 0.465 e. The van der Waals surface area contributed by atoms with Crippen molar-refractivity contribution in [1.82, 2.24) is 15.0 Å². The Balaban J connectivity index is 1.98. The Bertz CT molecular complexity index is 1040. The van der Waals surface area contributed by atoms with Gasteiger partial charge >= 0.3 is 5.97 Å². The second-order valence-corrected chi connectivity index (χ2v) is 5.34. The monoisotopic (exact) mass is 355 g/mol. The number of rotatable bonds is 3. The van der Waals surface area contributed by atoms with Crippen LogP contribution in [0.4, 0.5) is 5.69 Å². The number of nitrogens with zero attached hydrogens (tertiary/aromatic N) is 3. The number of halogens is 1. The van der Waals surface area contributed by atoms with Gasteiger partial charge in [0.05, 0.1) is 46.4 Å². The molecule has 0 saturated carbocycles. The van der Waals surface area contributed by atoms with E-state index in [1.165, 1.54) is 31.8 Å². The topological polar surface area (TPSA) is 121 Å². The van der Waals surface area contributed by atoms with E-state index in [2.05, 4.69) is 25.0 Å². The number of benzene rings is 1. The number of carbonyl (C=O) groups is 2. The maximum atomic E-state index is 12.5. The van der Waals surface area contributed by atoms with Crippen LogP contribution in [0.15, 0.2) is 30.7 Å². The Morgan fingerprint density at radius 1 is 1.32 bits per heavy atom. The summed E-state index contributed by atoms with van der Waals surface area (Å²) in [6, 6.07) is 6.04. The highest BCUT2D eigenvalue weighted by Gasteiger charge is 2.18. The quantitative estimate of drug-likeness (QED) is 0.696. The van der Waals surface area contributed by atoms with Crippen molar-refractivity contribution in [2.45, 2.75) is 0 Å². The molecule has 3 aromatic rings. The van der Waals surface area contributed by atoms with Crippen molar-refractivity contribution >= 4 is 40.3 Å². The van der Waals surface area contributed by atoms with E-state index < -0.39 is 11.9 Å². The summed E-state index contributed by atoms with van der Waals surface area (Å²) in [4.78, 5) is 35.3. The van der Waals surface area contributed by atoms with Crippen molar-refractivity contribution in [2.24, 2.45) is 0 Å². The van der Waals surface area contributed by atoms with Crippen LogP contribution in [0.2, 0.25) is 5.02 Å². The fraction of sp³-hybridized carbons (Fsp3) is 0.0625. The molecule has 25 heavy (non-hydrogen) atoms. The molecule has 0 saturated heterocycles. The molecule has 1 aromatic carbocycles. The Morgan fingerprint density at radius 3 is 2.84 bits per heavy atom.